The molecule has 4 nitrogen and oxygen atoms in total. The van der Waals surface area contributed by atoms with Crippen LogP contribution in [-0.2, 0) is 0 Å². The van der Waals surface area contributed by atoms with Gasteiger partial charge in [0.25, 0.3) is 0 Å². The van der Waals surface area contributed by atoms with Crippen molar-refractivity contribution in [1.82, 2.24) is 0 Å². The lowest BCUT2D eigenvalue weighted by molar-refractivity contribution is 0.318. The zero-order valence-electron chi connectivity index (χ0n) is 11.7. The minimum absolute atomic E-state index is 0.139. The van der Waals surface area contributed by atoms with E-state index in [1.165, 1.54) is 0 Å². The molecule has 2 rings (SSSR count). The average molecular weight is 270 g/mol. The highest BCUT2D eigenvalue weighted by atomic mass is 16.5. The Labute approximate surface area is 118 Å². The number of benzene rings is 2. The fourth-order valence-electron chi connectivity index (χ4n) is 1.75. The molecule has 1 N–H and O–H groups in total. The molecule has 0 atom stereocenters. The Hall–Kier alpha value is -2.49. The maximum Gasteiger partial charge on any atom is 0.161 e. The normalized spacial score (nSPS) is 10.7. The summed E-state index contributed by atoms with van der Waals surface area (Å²) in [4.78, 5) is 0. The highest BCUT2D eigenvalue weighted by Crippen LogP contribution is 2.26. The van der Waals surface area contributed by atoms with Crippen molar-refractivity contribution in [3.63, 3.8) is 0 Å². The van der Waals surface area contributed by atoms with Gasteiger partial charge in [-0.2, -0.15) is 5.10 Å². The number of ether oxygens (including phenoxy) is 1. The standard InChI is InChI=1S/C16H18N2O2/c1-3-20-16-11-13(9-10-15(16)19)12-17-18(2)14-7-5-4-6-8-14/h4-12,19H,3H2,1-2H3/b17-12+. The van der Waals surface area contributed by atoms with E-state index < -0.39 is 0 Å². The number of hydrazone groups is 1. The number of nitrogens with zero attached hydrogens (tertiary/aromatic N) is 2. The Morgan fingerprint density at radius 1 is 1.20 bits per heavy atom. The first-order valence-corrected chi connectivity index (χ1v) is 6.49. The number of phenolic OH excluding ortho intramolecular Hbond substituents is 1. The van der Waals surface area contributed by atoms with Crippen LogP contribution in [0.2, 0.25) is 0 Å². The Morgan fingerprint density at radius 3 is 2.65 bits per heavy atom. The van der Waals surface area contributed by atoms with Crippen LogP contribution in [0.4, 0.5) is 5.69 Å². The van der Waals surface area contributed by atoms with Crippen molar-refractivity contribution in [3.8, 4) is 11.5 Å². The lowest BCUT2D eigenvalue weighted by atomic mass is 10.2. The first-order valence-electron chi connectivity index (χ1n) is 6.49. The van der Waals surface area contributed by atoms with Crippen molar-refractivity contribution >= 4 is 11.9 Å². The van der Waals surface area contributed by atoms with E-state index >= 15 is 0 Å². The van der Waals surface area contributed by atoms with E-state index in [0.29, 0.717) is 12.4 Å². The number of rotatable bonds is 5. The van der Waals surface area contributed by atoms with Crippen molar-refractivity contribution in [3.05, 3.63) is 54.1 Å². The molecule has 4 heteroatoms. The largest absolute Gasteiger partial charge is 0.504 e. The molecule has 0 aliphatic rings. The van der Waals surface area contributed by atoms with E-state index in [1.807, 2.05) is 44.3 Å². The third kappa shape index (κ3) is 3.51. The number of para-hydroxylation sites is 1. The lowest BCUT2D eigenvalue weighted by Gasteiger charge is -2.12. The van der Waals surface area contributed by atoms with Crippen LogP contribution in [-0.4, -0.2) is 25.0 Å². The molecule has 0 unspecified atom stereocenters. The van der Waals surface area contributed by atoms with Crippen molar-refractivity contribution < 1.29 is 9.84 Å². The monoisotopic (exact) mass is 270 g/mol. The van der Waals surface area contributed by atoms with E-state index in [1.54, 1.807) is 29.4 Å². The molecule has 0 saturated carbocycles. The van der Waals surface area contributed by atoms with Gasteiger partial charge in [-0.05, 0) is 42.8 Å². The molecule has 0 spiro atoms. The zero-order valence-corrected chi connectivity index (χ0v) is 11.7. The fourth-order valence-corrected chi connectivity index (χ4v) is 1.75. The third-order valence-electron chi connectivity index (χ3n) is 2.79. The molecular weight excluding hydrogens is 252 g/mol. The van der Waals surface area contributed by atoms with E-state index in [4.69, 9.17) is 4.74 Å². The van der Waals surface area contributed by atoms with Crippen LogP contribution < -0.4 is 9.75 Å². The topological polar surface area (TPSA) is 45.1 Å². The molecular formula is C16H18N2O2. The molecule has 0 aromatic heterocycles. The molecule has 0 radical (unpaired) electrons. The summed E-state index contributed by atoms with van der Waals surface area (Å²) in [5.41, 5.74) is 1.88. The van der Waals surface area contributed by atoms with E-state index in [9.17, 15) is 5.11 Å². The van der Waals surface area contributed by atoms with Gasteiger partial charge in [-0.3, -0.25) is 5.01 Å². The van der Waals surface area contributed by atoms with E-state index in [-0.39, 0.29) is 5.75 Å². The van der Waals surface area contributed by atoms with Gasteiger partial charge in [0, 0.05) is 7.05 Å². The summed E-state index contributed by atoms with van der Waals surface area (Å²) in [6, 6.07) is 15.0. The highest BCUT2D eigenvalue weighted by Gasteiger charge is 2.02. The average Bonchev–Trinajstić information content (AvgIpc) is 2.49. The molecule has 0 heterocycles. The Morgan fingerprint density at radius 2 is 1.95 bits per heavy atom. The summed E-state index contributed by atoms with van der Waals surface area (Å²) < 4.78 is 5.34. The van der Waals surface area contributed by atoms with Crippen LogP contribution in [0.5, 0.6) is 11.5 Å². The summed E-state index contributed by atoms with van der Waals surface area (Å²) in [6.45, 7) is 2.39. The van der Waals surface area contributed by atoms with Gasteiger partial charge in [0.2, 0.25) is 0 Å². The van der Waals surface area contributed by atoms with Gasteiger partial charge in [-0.1, -0.05) is 18.2 Å². The SMILES string of the molecule is CCOc1cc(/C=N/N(C)c2ccccc2)ccc1O. The van der Waals surface area contributed by atoms with Gasteiger partial charge in [-0.25, -0.2) is 0 Å². The van der Waals surface area contributed by atoms with Crippen LogP contribution in [0.15, 0.2) is 53.6 Å². The highest BCUT2D eigenvalue weighted by molar-refractivity contribution is 5.81. The molecule has 2 aromatic carbocycles. The molecule has 0 aliphatic carbocycles. The maximum absolute atomic E-state index is 9.64. The minimum Gasteiger partial charge on any atom is -0.504 e. The molecule has 2 aromatic rings. The molecule has 104 valence electrons. The van der Waals surface area contributed by atoms with Crippen LogP contribution in [0, 0.1) is 0 Å². The summed E-state index contributed by atoms with van der Waals surface area (Å²) in [5, 5.41) is 15.8. The zero-order chi connectivity index (χ0) is 14.4. The van der Waals surface area contributed by atoms with Gasteiger partial charge < -0.3 is 9.84 Å². The first-order chi connectivity index (χ1) is 9.70. The van der Waals surface area contributed by atoms with Crippen LogP contribution in [0.1, 0.15) is 12.5 Å². The van der Waals surface area contributed by atoms with E-state index in [2.05, 4.69) is 5.10 Å². The number of anilines is 1. The van der Waals surface area contributed by atoms with Crippen molar-refractivity contribution in [2.24, 2.45) is 5.10 Å². The van der Waals surface area contributed by atoms with Crippen molar-refractivity contribution in [1.29, 1.82) is 0 Å². The van der Waals surface area contributed by atoms with Gasteiger partial charge in [0.05, 0.1) is 18.5 Å². The fraction of sp³-hybridized carbons (Fsp3) is 0.188. The van der Waals surface area contributed by atoms with Crippen LogP contribution >= 0.6 is 0 Å². The number of phenols is 1. The van der Waals surface area contributed by atoms with Gasteiger partial charge in [-0.15, -0.1) is 0 Å². The van der Waals surface area contributed by atoms with Crippen molar-refractivity contribution in [2.75, 3.05) is 18.7 Å². The second-order valence-electron chi connectivity index (χ2n) is 4.26. The molecule has 0 amide bonds. The predicted molar refractivity (Wildman–Crippen MR) is 81.7 cm³/mol. The summed E-state index contributed by atoms with van der Waals surface area (Å²) in [7, 11) is 1.88. The Kier molecular flexibility index (Phi) is 4.60. The third-order valence-corrected chi connectivity index (χ3v) is 2.79. The smallest absolute Gasteiger partial charge is 0.161 e. The summed E-state index contributed by atoms with van der Waals surface area (Å²) in [6.07, 6.45) is 1.73. The number of aromatic hydroxyl groups is 1. The maximum atomic E-state index is 9.64. The van der Waals surface area contributed by atoms with E-state index in [0.717, 1.165) is 11.3 Å². The second-order valence-corrected chi connectivity index (χ2v) is 4.26. The summed E-state index contributed by atoms with van der Waals surface area (Å²) in [5.74, 6) is 0.610. The molecule has 0 bridgehead atoms. The van der Waals surface area contributed by atoms with Gasteiger partial charge in [0.15, 0.2) is 11.5 Å². The summed E-state index contributed by atoms with van der Waals surface area (Å²) >= 11 is 0. The lowest BCUT2D eigenvalue weighted by Crippen LogP contribution is -2.08. The number of hydrogen-bond acceptors (Lipinski definition) is 4. The van der Waals surface area contributed by atoms with Crippen LogP contribution in [0.25, 0.3) is 0 Å². The van der Waals surface area contributed by atoms with Crippen molar-refractivity contribution in [2.45, 2.75) is 6.92 Å². The molecule has 0 aliphatic heterocycles. The Bertz CT molecular complexity index is 582. The van der Waals surface area contributed by atoms with Gasteiger partial charge in [0.1, 0.15) is 0 Å². The first kappa shape index (κ1) is 13.9. The van der Waals surface area contributed by atoms with Crippen LogP contribution in [0.3, 0.4) is 0 Å². The molecule has 0 saturated heterocycles. The molecule has 0 fully saturated rings. The van der Waals surface area contributed by atoms with Gasteiger partial charge >= 0.3 is 0 Å². The second kappa shape index (κ2) is 6.61. The Balaban J connectivity index is 2.13. The quantitative estimate of drug-likeness (QED) is 0.670. The number of hydrogen-bond donors (Lipinski definition) is 1. The minimum atomic E-state index is 0.139. The predicted octanol–water partition coefficient (Wildman–Crippen LogP) is 3.26. The molecule has 20 heavy (non-hydrogen) atoms.